The van der Waals surface area contributed by atoms with Crippen molar-refractivity contribution in [3.63, 3.8) is 0 Å². The second-order valence-electron chi connectivity index (χ2n) is 5.23. The van der Waals surface area contributed by atoms with Gasteiger partial charge in [0.25, 0.3) is 5.91 Å². The van der Waals surface area contributed by atoms with Gasteiger partial charge in [0.15, 0.2) is 12.0 Å². The second kappa shape index (κ2) is 6.42. The Hall–Kier alpha value is -2.71. The van der Waals surface area contributed by atoms with Crippen LogP contribution in [0.4, 0.5) is 0 Å². The van der Waals surface area contributed by atoms with Crippen LogP contribution in [-0.2, 0) is 16.4 Å². The molecule has 3 rings (SSSR count). The highest BCUT2D eigenvalue weighted by atomic mass is 32.2. The zero-order valence-corrected chi connectivity index (χ0v) is 13.4. The molecule has 0 atom stereocenters. The Kier molecular flexibility index (Phi) is 4.32. The van der Waals surface area contributed by atoms with Gasteiger partial charge in [-0.05, 0) is 42.3 Å². The minimum absolute atomic E-state index is 0.0659. The van der Waals surface area contributed by atoms with Gasteiger partial charge in [-0.1, -0.05) is 12.1 Å². The first-order chi connectivity index (χ1) is 11.4. The van der Waals surface area contributed by atoms with E-state index in [4.69, 9.17) is 9.56 Å². The SMILES string of the molecule is NS(=O)(=O)c1ccc(CCNC(=O)c2ccc3ocnc3c2)cc1. The summed E-state index contributed by atoms with van der Waals surface area (Å²) >= 11 is 0. The molecule has 0 unspecified atom stereocenters. The number of rotatable bonds is 5. The van der Waals surface area contributed by atoms with Crippen molar-refractivity contribution in [3.8, 4) is 0 Å². The number of nitrogens with zero attached hydrogens (tertiary/aromatic N) is 1. The molecule has 3 N–H and O–H groups in total. The van der Waals surface area contributed by atoms with Crippen molar-refractivity contribution < 1.29 is 17.6 Å². The Morgan fingerprint density at radius 2 is 1.92 bits per heavy atom. The molecule has 124 valence electrons. The largest absolute Gasteiger partial charge is 0.443 e. The van der Waals surface area contributed by atoms with E-state index in [1.807, 2.05) is 0 Å². The van der Waals surface area contributed by atoms with Crippen LogP contribution < -0.4 is 10.5 Å². The van der Waals surface area contributed by atoms with E-state index in [2.05, 4.69) is 10.3 Å². The fourth-order valence-corrected chi connectivity index (χ4v) is 2.78. The molecule has 0 bridgehead atoms. The highest BCUT2D eigenvalue weighted by molar-refractivity contribution is 7.89. The maximum absolute atomic E-state index is 12.1. The molecule has 7 nitrogen and oxygen atoms in total. The molecule has 1 aromatic heterocycles. The normalized spacial score (nSPS) is 11.5. The highest BCUT2D eigenvalue weighted by Crippen LogP contribution is 2.14. The number of oxazole rings is 1. The minimum atomic E-state index is -3.69. The Morgan fingerprint density at radius 3 is 2.62 bits per heavy atom. The lowest BCUT2D eigenvalue weighted by Crippen LogP contribution is -2.25. The van der Waals surface area contributed by atoms with Gasteiger partial charge in [0.05, 0.1) is 4.90 Å². The van der Waals surface area contributed by atoms with Crippen molar-refractivity contribution in [2.45, 2.75) is 11.3 Å². The van der Waals surface area contributed by atoms with E-state index in [-0.39, 0.29) is 10.8 Å². The van der Waals surface area contributed by atoms with Crippen LogP contribution in [0.25, 0.3) is 11.1 Å². The number of nitrogens with one attached hydrogen (secondary N) is 1. The number of primary sulfonamides is 1. The number of carbonyl (C=O) groups excluding carboxylic acids is 1. The first-order valence-corrected chi connectivity index (χ1v) is 8.71. The minimum Gasteiger partial charge on any atom is -0.443 e. The van der Waals surface area contributed by atoms with E-state index >= 15 is 0 Å². The van der Waals surface area contributed by atoms with E-state index in [9.17, 15) is 13.2 Å². The molecule has 0 aliphatic rings. The molecule has 0 spiro atoms. The lowest BCUT2D eigenvalue weighted by atomic mass is 10.1. The molecule has 3 aromatic rings. The molecule has 2 aromatic carbocycles. The van der Waals surface area contributed by atoms with E-state index < -0.39 is 10.0 Å². The summed E-state index contributed by atoms with van der Waals surface area (Å²) in [7, 11) is -3.69. The number of hydrogen-bond donors (Lipinski definition) is 2. The second-order valence-corrected chi connectivity index (χ2v) is 6.79. The quantitative estimate of drug-likeness (QED) is 0.726. The van der Waals surface area contributed by atoms with E-state index in [1.165, 1.54) is 18.5 Å². The van der Waals surface area contributed by atoms with Crippen LogP contribution in [0.15, 0.2) is 58.2 Å². The van der Waals surface area contributed by atoms with Gasteiger partial charge in [-0.25, -0.2) is 18.5 Å². The Balaban J connectivity index is 1.58. The fraction of sp³-hybridized carbons (Fsp3) is 0.125. The molecule has 0 aliphatic carbocycles. The van der Waals surface area contributed by atoms with Crippen LogP contribution in [0.5, 0.6) is 0 Å². The maximum atomic E-state index is 12.1. The van der Waals surface area contributed by atoms with Crippen LogP contribution in [-0.4, -0.2) is 25.9 Å². The molecule has 1 amide bonds. The topological polar surface area (TPSA) is 115 Å². The highest BCUT2D eigenvalue weighted by Gasteiger charge is 2.09. The number of carbonyl (C=O) groups is 1. The predicted molar refractivity (Wildman–Crippen MR) is 87.9 cm³/mol. The number of benzene rings is 2. The van der Waals surface area contributed by atoms with Crippen molar-refractivity contribution in [1.29, 1.82) is 0 Å². The number of fused-ring (bicyclic) bond motifs is 1. The van der Waals surface area contributed by atoms with Gasteiger partial charge in [-0.2, -0.15) is 0 Å². The standard InChI is InChI=1S/C16H15N3O4S/c17-24(21,22)13-4-1-11(2-5-13)7-8-18-16(20)12-3-6-15-14(9-12)19-10-23-15/h1-6,9-10H,7-8H2,(H,18,20)(H2,17,21,22). The average molecular weight is 345 g/mol. The third-order valence-corrected chi connectivity index (χ3v) is 4.47. The molecule has 0 aliphatic heterocycles. The summed E-state index contributed by atoms with van der Waals surface area (Å²) in [6.07, 6.45) is 1.90. The van der Waals surface area contributed by atoms with Crippen molar-refractivity contribution in [3.05, 3.63) is 60.0 Å². The van der Waals surface area contributed by atoms with Crippen molar-refractivity contribution in [2.24, 2.45) is 5.14 Å². The summed E-state index contributed by atoms with van der Waals surface area (Å²) in [5.74, 6) is -0.207. The third-order valence-electron chi connectivity index (χ3n) is 3.54. The van der Waals surface area contributed by atoms with Crippen molar-refractivity contribution >= 4 is 27.0 Å². The summed E-state index contributed by atoms with van der Waals surface area (Å²) in [5.41, 5.74) is 2.65. The van der Waals surface area contributed by atoms with Crippen LogP contribution in [0.3, 0.4) is 0 Å². The average Bonchev–Trinajstić information content (AvgIpc) is 3.02. The Morgan fingerprint density at radius 1 is 1.17 bits per heavy atom. The van der Waals surface area contributed by atoms with Gasteiger partial charge in [-0.15, -0.1) is 0 Å². The molecular formula is C16H15N3O4S. The van der Waals surface area contributed by atoms with Gasteiger partial charge in [0, 0.05) is 12.1 Å². The molecule has 0 fully saturated rings. The first kappa shape index (κ1) is 16.2. The lowest BCUT2D eigenvalue weighted by molar-refractivity contribution is 0.0954. The molecule has 24 heavy (non-hydrogen) atoms. The lowest BCUT2D eigenvalue weighted by Gasteiger charge is -2.06. The Bertz CT molecular complexity index is 978. The summed E-state index contributed by atoms with van der Waals surface area (Å²) in [6, 6.07) is 11.3. The molecule has 0 radical (unpaired) electrons. The van der Waals surface area contributed by atoms with Crippen LogP contribution >= 0.6 is 0 Å². The Labute approximate surface area is 138 Å². The number of aromatic nitrogens is 1. The van der Waals surface area contributed by atoms with Crippen LogP contribution in [0.1, 0.15) is 15.9 Å². The third kappa shape index (κ3) is 3.61. The molecule has 0 saturated heterocycles. The zero-order valence-electron chi connectivity index (χ0n) is 12.6. The van der Waals surface area contributed by atoms with E-state index in [0.717, 1.165) is 5.56 Å². The maximum Gasteiger partial charge on any atom is 0.251 e. The van der Waals surface area contributed by atoms with E-state index in [0.29, 0.717) is 29.6 Å². The van der Waals surface area contributed by atoms with Gasteiger partial charge >= 0.3 is 0 Å². The summed E-state index contributed by atoms with van der Waals surface area (Å²) < 4.78 is 27.5. The summed E-state index contributed by atoms with van der Waals surface area (Å²) in [4.78, 5) is 16.2. The predicted octanol–water partition coefficient (Wildman–Crippen LogP) is 1.45. The number of amides is 1. The fourth-order valence-electron chi connectivity index (χ4n) is 2.27. The van der Waals surface area contributed by atoms with Gasteiger partial charge < -0.3 is 9.73 Å². The molecule has 1 heterocycles. The van der Waals surface area contributed by atoms with E-state index in [1.54, 1.807) is 30.3 Å². The van der Waals surface area contributed by atoms with Crippen LogP contribution in [0.2, 0.25) is 0 Å². The molecule has 0 saturated carbocycles. The van der Waals surface area contributed by atoms with Gasteiger partial charge in [-0.3, -0.25) is 4.79 Å². The first-order valence-electron chi connectivity index (χ1n) is 7.17. The van der Waals surface area contributed by atoms with Gasteiger partial charge in [0.2, 0.25) is 10.0 Å². The molecular weight excluding hydrogens is 330 g/mol. The smallest absolute Gasteiger partial charge is 0.251 e. The summed E-state index contributed by atoms with van der Waals surface area (Å²) in [5, 5.41) is 7.86. The van der Waals surface area contributed by atoms with Gasteiger partial charge in [0.1, 0.15) is 5.52 Å². The molecule has 8 heteroatoms. The van der Waals surface area contributed by atoms with Crippen molar-refractivity contribution in [2.75, 3.05) is 6.54 Å². The number of sulfonamides is 1. The number of hydrogen-bond acceptors (Lipinski definition) is 5. The summed E-state index contributed by atoms with van der Waals surface area (Å²) in [6.45, 7) is 0.421. The van der Waals surface area contributed by atoms with Crippen LogP contribution in [0, 0.1) is 0 Å². The number of nitrogens with two attached hydrogens (primary N) is 1. The van der Waals surface area contributed by atoms with Crippen molar-refractivity contribution in [1.82, 2.24) is 10.3 Å². The zero-order chi connectivity index (χ0) is 17.2. The monoisotopic (exact) mass is 345 g/mol.